The van der Waals surface area contributed by atoms with Crippen LogP contribution in [0.5, 0.6) is 0 Å². The highest BCUT2D eigenvalue weighted by molar-refractivity contribution is 5.97. The van der Waals surface area contributed by atoms with Gasteiger partial charge in [0.15, 0.2) is 0 Å². The van der Waals surface area contributed by atoms with Gasteiger partial charge in [-0.2, -0.15) is 4.39 Å². The van der Waals surface area contributed by atoms with Gasteiger partial charge in [-0.25, -0.2) is 0 Å². The van der Waals surface area contributed by atoms with Gasteiger partial charge in [0.25, 0.3) is 6.01 Å². The number of carboxylic acid groups (broad SMARTS) is 1. The number of hydrogen-bond acceptors (Lipinski definition) is 4. The largest absolute Gasteiger partial charge is 0.481 e. The normalized spacial score (nSPS) is 23.6. The van der Waals surface area contributed by atoms with E-state index in [1.807, 2.05) is 31.3 Å². The standard InChI is InChI=1S/C26H27FN2O5/c1-14(17-13-28-18-6-2-4-15(24(17)18)21-8-9-22(27)34-21)12-23(31)29-11-10-20(30)25-16(26(32)33)5-3-7-19(25)29/h2,4,6,8-9,13-14,16,19,25,28H,3,5,7,10-12H2,1H3,(H,32,33). The SMILES string of the molecule is CC(CC(=O)N1CCC(=O)C2C(C(=O)O)CCCC21)c1c[nH]c2cccc(-c3ccc(F)o3)c12. The molecule has 2 N–H and O–H groups in total. The highest BCUT2D eigenvalue weighted by Gasteiger charge is 2.47. The van der Waals surface area contributed by atoms with Crippen molar-refractivity contribution >= 4 is 28.6 Å². The molecule has 8 heteroatoms. The molecule has 4 atom stereocenters. The van der Waals surface area contributed by atoms with Crippen molar-refractivity contribution in [3.05, 3.63) is 48.1 Å². The second-order valence-corrected chi connectivity index (χ2v) is 9.45. The summed E-state index contributed by atoms with van der Waals surface area (Å²) < 4.78 is 18.8. The van der Waals surface area contributed by atoms with Gasteiger partial charge in [-0.3, -0.25) is 14.4 Å². The molecule has 1 aromatic carbocycles. The molecule has 1 amide bonds. The van der Waals surface area contributed by atoms with Gasteiger partial charge in [-0.1, -0.05) is 25.5 Å². The molecule has 1 saturated heterocycles. The van der Waals surface area contributed by atoms with Crippen LogP contribution in [-0.4, -0.2) is 45.2 Å². The van der Waals surface area contributed by atoms with E-state index in [1.165, 1.54) is 6.07 Å². The summed E-state index contributed by atoms with van der Waals surface area (Å²) >= 11 is 0. The van der Waals surface area contributed by atoms with Crippen LogP contribution < -0.4 is 0 Å². The summed E-state index contributed by atoms with van der Waals surface area (Å²) in [6.45, 7) is 2.30. The van der Waals surface area contributed by atoms with Crippen molar-refractivity contribution in [1.29, 1.82) is 0 Å². The monoisotopic (exact) mass is 466 g/mol. The number of piperidine rings is 1. The molecule has 4 unspecified atom stereocenters. The van der Waals surface area contributed by atoms with E-state index in [4.69, 9.17) is 4.42 Å². The Kier molecular flexibility index (Phi) is 5.75. The van der Waals surface area contributed by atoms with Gasteiger partial charge in [0.05, 0.1) is 11.8 Å². The zero-order valence-electron chi connectivity index (χ0n) is 18.9. The number of carbonyl (C=O) groups is 3. The van der Waals surface area contributed by atoms with Crippen LogP contribution in [0.4, 0.5) is 4.39 Å². The third kappa shape index (κ3) is 3.81. The Hall–Kier alpha value is -3.42. The van der Waals surface area contributed by atoms with Crippen molar-refractivity contribution in [1.82, 2.24) is 9.88 Å². The lowest BCUT2D eigenvalue weighted by Gasteiger charge is -2.45. The molecule has 3 heterocycles. The summed E-state index contributed by atoms with van der Waals surface area (Å²) in [5.41, 5.74) is 2.54. The molecule has 0 radical (unpaired) electrons. The number of H-pyrrole nitrogens is 1. The molecule has 34 heavy (non-hydrogen) atoms. The first kappa shape index (κ1) is 22.4. The highest BCUT2D eigenvalue weighted by Crippen LogP contribution is 2.40. The number of nitrogens with one attached hydrogen (secondary N) is 1. The fourth-order valence-electron chi connectivity index (χ4n) is 5.87. The lowest BCUT2D eigenvalue weighted by atomic mass is 9.70. The summed E-state index contributed by atoms with van der Waals surface area (Å²) in [6, 6.07) is 7.50. The maximum absolute atomic E-state index is 13.5. The predicted octanol–water partition coefficient (Wildman–Crippen LogP) is 4.73. The number of halogens is 1. The van der Waals surface area contributed by atoms with Crippen LogP contribution in [0.25, 0.3) is 22.2 Å². The zero-order chi connectivity index (χ0) is 24.0. The molecule has 1 saturated carbocycles. The average Bonchev–Trinajstić information content (AvgIpc) is 3.45. The Morgan fingerprint density at radius 3 is 2.82 bits per heavy atom. The molecule has 7 nitrogen and oxygen atoms in total. The first-order chi connectivity index (χ1) is 16.3. The van der Waals surface area contributed by atoms with Gasteiger partial charge >= 0.3 is 5.97 Å². The van der Waals surface area contributed by atoms with Crippen molar-refractivity contribution in [3.8, 4) is 11.3 Å². The number of ketones is 1. The first-order valence-corrected chi connectivity index (χ1v) is 11.8. The minimum Gasteiger partial charge on any atom is -0.481 e. The third-order valence-electron chi connectivity index (χ3n) is 7.46. The third-order valence-corrected chi connectivity index (χ3v) is 7.46. The minimum absolute atomic E-state index is 0.0406. The Morgan fingerprint density at radius 1 is 1.26 bits per heavy atom. The number of furan rings is 1. The number of amides is 1. The van der Waals surface area contributed by atoms with E-state index in [0.717, 1.165) is 22.0 Å². The van der Waals surface area contributed by atoms with E-state index < -0.39 is 23.8 Å². The maximum atomic E-state index is 13.5. The lowest BCUT2D eigenvalue weighted by molar-refractivity contribution is -0.157. The topological polar surface area (TPSA) is 104 Å². The Bertz CT molecular complexity index is 1260. The van der Waals surface area contributed by atoms with Crippen LogP contribution in [0.1, 0.15) is 50.5 Å². The smallest absolute Gasteiger partial charge is 0.307 e. The van der Waals surface area contributed by atoms with Crippen molar-refractivity contribution in [2.24, 2.45) is 11.8 Å². The molecule has 0 spiro atoms. The second-order valence-electron chi connectivity index (χ2n) is 9.45. The average molecular weight is 467 g/mol. The first-order valence-electron chi connectivity index (χ1n) is 11.8. The van der Waals surface area contributed by atoms with Crippen molar-refractivity contribution < 1.29 is 28.3 Å². The summed E-state index contributed by atoms with van der Waals surface area (Å²) in [5, 5.41) is 10.5. The van der Waals surface area contributed by atoms with Gasteiger partial charge in [0.2, 0.25) is 5.91 Å². The Balaban J connectivity index is 1.41. The number of aromatic nitrogens is 1. The molecular weight excluding hydrogens is 439 g/mol. The van der Waals surface area contributed by atoms with Crippen LogP contribution in [-0.2, 0) is 14.4 Å². The van der Waals surface area contributed by atoms with Crippen molar-refractivity contribution in [2.45, 2.75) is 51.0 Å². The molecule has 2 aliphatic rings. The van der Waals surface area contributed by atoms with Crippen LogP contribution in [0.2, 0.25) is 0 Å². The number of nitrogens with zero attached hydrogens (tertiary/aromatic N) is 1. The van der Waals surface area contributed by atoms with Crippen LogP contribution in [0.15, 0.2) is 40.9 Å². The lowest BCUT2D eigenvalue weighted by Crippen LogP contribution is -2.57. The molecule has 2 aromatic heterocycles. The number of carboxylic acids is 1. The minimum atomic E-state index is -0.952. The number of benzene rings is 1. The van der Waals surface area contributed by atoms with E-state index >= 15 is 0 Å². The predicted molar refractivity (Wildman–Crippen MR) is 123 cm³/mol. The number of rotatable bonds is 5. The maximum Gasteiger partial charge on any atom is 0.307 e. The van der Waals surface area contributed by atoms with E-state index in [1.54, 1.807) is 11.0 Å². The molecule has 2 fully saturated rings. The number of Topliss-reactive ketones (excluding diaryl/α,β-unsaturated/α-hetero) is 1. The quantitative estimate of drug-likeness (QED) is 0.566. The summed E-state index contributed by atoms with van der Waals surface area (Å²) in [6.07, 6.45) is 4.12. The number of likely N-dealkylation sites (tertiary alicyclic amines) is 1. The van der Waals surface area contributed by atoms with Crippen LogP contribution in [0, 0.1) is 17.8 Å². The Labute approximate surface area is 195 Å². The van der Waals surface area contributed by atoms with Gasteiger partial charge in [0.1, 0.15) is 11.5 Å². The van der Waals surface area contributed by atoms with E-state index in [0.29, 0.717) is 31.6 Å². The fraction of sp³-hybridized carbons (Fsp3) is 0.423. The second kappa shape index (κ2) is 8.74. The number of fused-ring (bicyclic) bond motifs is 2. The molecule has 178 valence electrons. The van der Waals surface area contributed by atoms with E-state index in [9.17, 15) is 23.9 Å². The van der Waals surface area contributed by atoms with E-state index in [-0.39, 0.29) is 36.5 Å². The zero-order valence-corrected chi connectivity index (χ0v) is 18.9. The van der Waals surface area contributed by atoms with Gasteiger partial charge < -0.3 is 19.4 Å². The van der Waals surface area contributed by atoms with Gasteiger partial charge in [-0.15, -0.1) is 0 Å². The molecular formula is C26H27FN2O5. The van der Waals surface area contributed by atoms with Gasteiger partial charge in [0, 0.05) is 54.2 Å². The fourth-order valence-corrected chi connectivity index (χ4v) is 5.87. The number of carbonyl (C=O) groups excluding carboxylic acids is 2. The summed E-state index contributed by atoms with van der Waals surface area (Å²) in [5.74, 6) is -2.14. The molecule has 1 aliphatic heterocycles. The molecule has 0 bridgehead atoms. The van der Waals surface area contributed by atoms with Gasteiger partial charge in [-0.05, 0) is 36.5 Å². The summed E-state index contributed by atoms with van der Waals surface area (Å²) in [4.78, 5) is 42.8. The van der Waals surface area contributed by atoms with Crippen molar-refractivity contribution in [3.63, 3.8) is 0 Å². The molecule has 1 aliphatic carbocycles. The molecule has 3 aromatic rings. The van der Waals surface area contributed by atoms with E-state index in [2.05, 4.69) is 4.98 Å². The van der Waals surface area contributed by atoms with Crippen molar-refractivity contribution in [2.75, 3.05) is 6.54 Å². The van der Waals surface area contributed by atoms with Crippen LogP contribution in [0.3, 0.4) is 0 Å². The van der Waals surface area contributed by atoms with Crippen LogP contribution >= 0.6 is 0 Å². The highest BCUT2D eigenvalue weighted by atomic mass is 19.1. The number of hydrogen-bond donors (Lipinski definition) is 2. The Morgan fingerprint density at radius 2 is 2.09 bits per heavy atom. The molecule has 5 rings (SSSR count). The number of aliphatic carboxylic acids is 1. The number of aromatic amines is 1. The summed E-state index contributed by atoms with van der Waals surface area (Å²) in [7, 11) is 0.